The van der Waals surface area contributed by atoms with E-state index in [9.17, 15) is 9.59 Å². The van der Waals surface area contributed by atoms with Crippen LogP contribution in [0.25, 0.3) is 16.5 Å². The average molecular weight is 493 g/mol. The van der Waals surface area contributed by atoms with Gasteiger partial charge < -0.3 is 19.7 Å². The zero-order valence-electron chi connectivity index (χ0n) is 21.5. The molecule has 1 aliphatic heterocycles. The first-order chi connectivity index (χ1) is 17.0. The predicted octanol–water partition coefficient (Wildman–Crippen LogP) is 4.43. The van der Waals surface area contributed by atoms with Gasteiger partial charge in [-0.15, -0.1) is 10.2 Å². The summed E-state index contributed by atoms with van der Waals surface area (Å²) in [4.78, 5) is 27.2. The summed E-state index contributed by atoms with van der Waals surface area (Å²) in [5.74, 6) is 0.448. The van der Waals surface area contributed by atoms with Gasteiger partial charge in [-0.25, -0.2) is 4.79 Å². The Labute approximate surface area is 210 Å². The van der Waals surface area contributed by atoms with Crippen molar-refractivity contribution in [2.45, 2.75) is 52.7 Å². The zero-order chi connectivity index (χ0) is 26.0. The number of carbonyl (C=O) groups excluding carboxylic acids is 2. The van der Waals surface area contributed by atoms with Crippen LogP contribution in [0.1, 0.15) is 57.1 Å². The molecule has 1 aromatic carbocycles. The lowest BCUT2D eigenvalue weighted by Crippen LogP contribution is -2.43. The zero-order valence-corrected chi connectivity index (χ0v) is 21.5. The summed E-state index contributed by atoms with van der Waals surface area (Å²) in [7, 11) is 1.83. The van der Waals surface area contributed by atoms with Crippen molar-refractivity contribution >= 4 is 34.3 Å². The van der Waals surface area contributed by atoms with Crippen LogP contribution in [-0.4, -0.2) is 61.7 Å². The topological polar surface area (TPSA) is 111 Å². The largest absolute Gasteiger partial charge is 0.493 e. The number of rotatable bonds is 5. The number of fused-ring (bicyclic) bond motifs is 1. The monoisotopic (exact) mass is 492 g/mol. The molecule has 0 fully saturated rings. The number of hydrogen-bond donors (Lipinski definition) is 1. The molecule has 3 heterocycles. The molecule has 10 heteroatoms. The van der Waals surface area contributed by atoms with Crippen LogP contribution in [0.2, 0.25) is 0 Å². The van der Waals surface area contributed by atoms with Gasteiger partial charge in [-0.1, -0.05) is 6.08 Å². The Morgan fingerprint density at radius 2 is 1.97 bits per heavy atom. The first kappa shape index (κ1) is 25.2. The standard InChI is InChI=1S/C26H32N6O4/c1-7-35-22-14-21-18(15-31(6)30-21)13-19(22)24(33)27-23-9-8-20(28-29-23)17-10-11-32(16(2)12-17)25(34)36-26(3,4)5/h8-9,12-16H,7,10-11H2,1-6H3,(H,27,29,33)/t16-/m0/s1. The van der Waals surface area contributed by atoms with E-state index in [2.05, 4.69) is 20.6 Å². The number of carbonyl (C=O) groups is 2. The first-order valence-corrected chi connectivity index (χ1v) is 12.0. The quantitative estimate of drug-likeness (QED) is 0.561. The fourth-order valence-corrected chi connectivity index (χ4v) is 4.08. The first-order valence-electron chi connectivity index (χ1n) is 12.0. The Bertz CT molecular complexity index is 1310. The maximum absolute atomic E-state index is 13.0. The van der Waals surface area contributed by atoms with Crippen LogP contribution in [0.4, 0.5) is 10.6 Å². The van der Waals surface area contributed by atoms with E-state index < -0.39 is 5.60 Å². The molecule has 1 atom stereocenters. The molecule has 4 rings (SSSR count). The summed E-state index contributed by atoms with van der Waals surface area (Å²) >= 11 is 0. The van der Waals surface area contributed by atoms with Crippen LogP contribution < -0.4 is 10.1 Å². The van der Waals surface area contributed by atoms with Crippen LogP contribution in [0.5, 0.6) is 5.75 Å². The third kappa shape index (κ3) is 5.64. The molecule has 0 spiro atoms. The number of ether oxygens (including phenoxy) is 2. The lowest BCUT2D eigenvalue weighted by molar-refractivity contribution is 0.0209. The summed E-state index contributed by atoms with van der Waals surface area (Å²) < 4.78 is 12.9. The van der Waals surface area contributed by atoms with Gasteiger partial charge in [0.2, 0.25) is 0 Å². The van der Waals surface area contributed by atoms with Gasteiger partial charge in [0, 0.05) is 31.2 Å². The minimum absolute atomic E-state index is 0.135. The Hall–Kier alpha value is -3.95. The van der Waals surface area contributed by atoms with E-state index in [4.69, 9.17) is 9.47 Å². The summed E-state index contributed by atoms with van der Waals surface area (Å²) in [6, 6.07) is 6.92. The molecule has 0 saturated carbocycles. The van der Waals surface area contributed by atoms with Crippen molar-refractivity contribution in [3.63, 3.8) is 0 Å². The molecule has 2 aromatic heterocycles. The molecule has 0 aliphatic carbocycles. The minimum Gasteiger partial charge on any atom is -0.493 e. The lowest BCUT2D eigenvalue weighted by atomic mass is 10.0. The summed E-state index contributed by atoms with van der Waals surface area (Å²) in [6.45, 7) is 10.3. The summed E-state index contributed by atoms with van der Waals surface area (Å²) in [5, 5.41) is 16.5. The van der Waals surface area contributed by atoms with Crippen LogP contribution in [-0.2, 0) is 11.8 Å². The van der Waals surface area contributed by atoms with Gasteiger partial charge in [0.25, 0.3) is 5.91 Å². The van der Waals surface area contributed by atoms with E-state index in [1.807, 2.05) is 60.0 Å². The van der Waals surface area contributed by atoms with Crippen molar-refractivity contribution in [1.29, 1.82) is 0 Å². The van der Waals surface area contributed by atoms with Crippen molar-refractivity contribution in [2.24, 2.45) is 7.05 Å². The Morgan fingerprint density at radius 3 is 2.61 bits per heavy atom. The van der Waals surface area contributed by atoms with E-state index in [1.54, 1.807) is 27.8 Å². The molecular weight excluding hydrogens is 460 g/mol. The van der Waals surface area contributed by atoms with Crippen molar-refractivity contribution < 1.29 is 19.1 Å². The third-order valence-electron chi connectivity index (χ3n) is 5.68. The highest BCUT2D eigenvalue weighted by atomic mass is 16.6. The Morgan fingerprint density at radius 1 is 1.19 bits per heavy atom. The van der Waals surface area contributed by atoms with E-state index in [0.717, 1.165) is 16.5 Å². The maximum Gasteiger partial charge on any atom is 0.410 e. The molecular formula is C26H32N6O4. The number of nitrogens with one attached hydrogen (secondary N) is 1. The highest BCUT2D eigenvalue weighted by molar-refractivity contribution is 6.08. The molecule has 0 saturated heterocycles. The SMILES string of the molecule is CCOc1cc2nn(C)cc2cc1C(=O)Nc1ccc(C2=C[C@H](C)N(C(=O)OC(C)(C)C)CC2)nn1. The Balaban J connectivity index is 1.47. The maximum atomic E-state index is 13.0. The second kappa shape index (κ2) is 9.96. The highest BCUT2D eigenvalue weighted by Gasteiger charge is 2.28. The molecule has 0 bridgehead atoms. The van der Waals surface area contributed by atoms with Crippen LogP contribution in [0, 0.1) is 0 Å². The average Bonchev–Trinajstić information content (AvgIpc) is 3.16. The molecule has 1 N–H and O–H groups in total. The molecule has 3 aromatic rings. The summed E-state index contributed by atoms with van der Waals surface area (Å²) in [6.07, 6.45) is 4.14. The van der Waals surface area contributed by atoms with E-state index in [1.165, 1.54) is 0 Å². The normalized spacial score (nSPS) is 16.0. The Kier molecular flexibility index (Phi) is 6.96. The van der Waals surface area contributed by atoms with Crippen LogP contribution in [0.3, 0.4) is 0 Å². The van der Waals surface area contributed by atoms with Gasteiger partial charge in [0.1, 0.15) is 11.4 Å². The fourth-order valence-electron chi connectivity index (χ4n) is 4.08. The molecule has 10 nitrogen and oxygen atoms in total. The van der Waals surface area contributed by atoms with E-state index >= 15 is 0 Å². The fraction of sp³-hybridized carbons (Fsp3) is 0.423. The predicted molar refractivity (Wildman–Crippen MR) is 137 cm³/mol. The van der Waals surface area contributed by atoms with Gasteiger partial charge >= 0.3 is 6.09 Å². The van der Waals surface area contributed by atoms with Gasteiger partial charge in [0.05, 0.1) is 29.4 Å². The highest BCUT2D eigenvalue weighted by Crippen LogP contribution is 2.28. The van der Waals surface area contributed by atoms with Gasteiger partial charge in [-0.05, 0) is 64.8 Å². The van der Waals surface area contributed by atoms with Gasteiger partial charge in [-0.3, -0.25) is 9.48 Å². The molecule has 0 radical (unpaired) electrons. The van der Waals surface area contributed by atoms with E-state index in [-0.39, 0.29) is 18.0 Å². The van der Waals surface area contributed by atoms with Crippen LogP contribution in [0.15, 0.2) is 36.5 Å². The molecule has 1 aliphatic rings. The third-order valence-corrected chi connectivity index (χ3v) is 5.68. The number of anilines is 1. The minimum atomic E-state index is -0.542. The smallest absolute Gasteiger partial charge is 0.410 e. The van der Waals surface area contributed by atoms with Crippen molar-refractivity contribution in [2.75, 3.05) is 18.5 Å². The van der Waals surface area contributed by atoms with E-state index in [0.29, 0.717) is 42.4 Å². The van der Waals surface area contributed by atoms with Crippen molar-refractivity contribution in [3.8, 4) is 5.75 Å². The molecule has 190 valence electrons. The number of benzene rings is 1. The summed E-state index contributed by atoms with van der Waals surface area (Å²) in [5.41, 5.74) is 2.31. The second-order valence-corrected chi connectivity index (χ2v) is 9.76. The molecule has 0 unspecified atom stereocenters. The number of hydrogen-bond acceptors (Lipinski definition) is 7. The van der Waals surface area contributed by atoms with Crippen molar-refractivity contribution in [3.05, 3.63) is 47.8 Å². The number of aryl methyl sites for hydroxylation is 1. The van der Waals surface area contributed by atoms with Crippen molar-refractivity contribution in [1.82, 2.24) is 24.9 Å². The second-order valence-electron chi connectivity index (χ2n) is 9.76. The molecule has 2 amide bonds. The lowest BCUT2D eigenvalue weighted by Gasteiger charge is -2.33. The number of nitrogens with zero attached hydrogens (tertiary/aromatic N) is 5. The van der Waals surface area contributed by atoms with Gasteiger partial charge in [-0.2, -0.15) is 5.10 Å². The number of aromatic nitrogens is 4. The van der Waals surface area contributed by atoms with Gasteiger partial charge in [0.15, 0.2) is 5.82 Å². The number of amides is 2. The van der Waals surface area contributed by atoms with Crippen LogP contribution >= 0.6 is 0 Å². The molecule has 36 heavy (non-hydrogen) atoms.